The molecular formula is C24H36O8. The lowest BCUT2D eigenvalue weighted by molar-refractivity contribution is -0.230. The van der Waals surface area contributed by atoms with Gasteiger partial charge in [-0.15, -0.1) is 0 Å². The molecule has 0 amide bonds. The van der Waals surface area contributed by atoms with Crippen LogP contribution in [-0.4, -0.2) is 68.5 Å². The Kier molecular flexibility index (Phi) is 4.41. The van der Waals surface area contributed by atoms with E-state index < -0.39 is 57.7 Å². The van der Waals surface area contributed by atoms with Crippen molar-refractivity contribution in [3.05, 3.63) is 0 Å². The van der Waals surface area contributed by atoms with Gasteiger partial charge in [-0.1, -0.05) is 13.8 Å². The SMILES string of the molecule is CC(=O)O[C@@H]1C[C@]23C[C@@](C)(OC(C)=O)[C@H](CC[C@H]2[C@@](C)(O)[C@@H]2[C@@H]4O[C@@H]4C(C)(C)[C@@]12O)[C@H]3O. The van der Waals surface area contributed by atoms with Crippen LogP contribution in [-0.2, 0) is 23.8 Å². The van der Waals surface area contributed by atoms with Crippen molar-refractivity contribution < 1.29 is 39.1 Å². The van der Waals surface area contributed by atoms with Crippen LogP contribution >= 0.6 is 0 Å². The average Bonchev–Trinajstić information content (AvgIpc) is 3.36. The molecule has 5 rings (SSSR count). The zero-order valence-electron chi connectivity index (χ0n) is 19.8. The number of fused-ring (bicyclic) bond motifs is 4. The van der Waals surface area contributed by atoms with Gasteiger partial charge >= 0.3 is 11.9 Å². The molecule has 0 radical (unpaired) electrons. The number of ether oxygens (including phenoxy) is 3. The summed E-state index contributed by atoms with van der Waals surface area (Å²) in [6.45, 7) is 10.0. The highest BCUT2D eigenvalue weighted by molar-refractivity contribution is 5.67. The monoisotopic (exact) mass is 452 g/mol. The van der Waals surface area contributed by atoms with Crippen molar-refractivity contribution in [2.45, 2.75) is 108 Å². The smallest absolute Gasteiger partial charge is 0.303 e. The summed E-state index contributed by atoms with van der Waals surface area (Å²) in [6, 6.07) is 0. The molecule has 2 bridgehead atoms. The van der Waals surface area contributed by atoms with E-state index in [-0.39, 0.29) is 30.5 Å². The molecule has 0 aromatic rings. The van der Waals surface area contributed by atoms with Crippen molar-refractivity contribution in [3.63, 3.8) is 0 Å². The Bertz CT molecular complexity index is 868. The van der Waals surface area contributed by atoms with E-state index in [0.717, 1.165) is 0 Å². The van der Waals surface area contributed by atoms with Gasteiger partial charge in [-0.25, -0.2) is 0 Å². The van der Waals surface area contributed by atoms with E-state index in [1.165, 1.54) is 13.8 Å². The number of hydrogen-bond acceptors (Lipinski definition) is 8. The minimum atomic E-state index is -1.53. The van der Waals surface area contributed by atoms with Gasteiger partial charge in [0, 0.05) is 36.5 Å². The summed E-state index contributed by atoms with van der Waals surface area (Å²) in [5.41, 5.74) is -5.45. The van der Waals surface area contributed by atoms with Crippen LogP contribution in [0, 0.1) is 28.6 Å². The molecule has 0 unspecified atom stereocenters. The minimum Gasteiger partial charge on any atom is -0.459 e. The Morgan fingerprint density at radius 1 is 1.03 bits per heavy atom. The van der Waals surface area contributed by atoms with Gasteiger partial charge in [0.05, 0.1) is 23.9 Å². The first-order valence-electron chi connectivity index (χ1n) is 11.8. The van der Waals surface area contributed by atoms with Gasteiger partial charge in [-0.05, 0) is 45.4 Å². The van der Waals surface area contributed by atoms with Crippen molar-refractivity contribution in [2.24, 2.45) is 28.6 Å². The summed E-state index contributed by atoms with van der Waals surface area (Å²) in [5.74, 6) is -2.27. The fraction of sp³-hybridized carbons (Fsp3) is 0.917. The van der Waals surface area contributed by atoms with Gasteiger partial charge < -0.3 is 29.5 Å². The predicted molar refractivity (Wildman–Crippen MR) is 111 cm³/mol. The highest BCUT2D eigenvalue weighted by atomic mass is 16.6. The molecule has 0 aromatic heterocycles. The third kappa shape index (κ3) is 2.47. The third-order valence-electron chi connectivity index (χ3n) is 10.0. The van der Waals surface area contributed by atoms with E-state index in [2.05, 4.69) is 0 Å². The number of hydrogen-bond donors (Lipinski definition) is 3. The van der Waals surface area contributed by atoms with E-state index in [1.54, 1.807) is 6.92 Å². The second-order valence-electron chi connectivity index (χ2n) is 12.1. The van der Waals surface area contributed by atoms with Crippen molar-refractivity contribution >= 4 is 11.9 Å². The van der Waals surface area contributed by atoms with Crippen LogP contribution < -0.4 is 0 Å². The minimum absolute atomic E-state index is 0.192. The second-order valence-corrected chi connectivity index (χ2v) is 12.1. The van der Waals surface area contributed by atoms with Crippen molar-refractivity contribution in [2.75, 3.05) is 0 Å². The maximum atomic E-state index is 12.3. The lowest BCUT2D eigenvalue weighted by Gasteiger charge is -2.51. The Labute approximate surface area is 188 Å². The fourth-order valence-electron chi connectivity index (χ4n) is 8.98. The molecule has 32 heavy (non-hydrogen) atoms. The Hall–Kier alpha value is -1.22. The highest BCUT2D eigenvalue weighted by Gasteiger charge is 2.84. The summed E-state index contributed by atoms with van der Waals surface area (Å²) in [4.78, 5) is 24.1. The number of rotatable bonds is 2. The molecule has 8 nitrogen and oxygen atoms in total. The van der Waals surface area contributed by atoms with E-state index >= 15 is 0 Å². The molecule has 1 heterocycles. The number of esters is 2. The summed E-state index contributed by atoms with van der Waals surface area (Å²) >= 11 is 0. The summed E-state index contributed by atoms with van der Waals surface area (Å²) in [6.07, 6.45) is -0.628. The van der Waals surface area contributed by atoms with Gasteiger partial charge in [0.1, 0.15) is 17.3 Å². The second kappa shape index (κ2) is 6.26. The number of carbonyl (C=O) groups excluding carboxylic acids is 2. The Morgan fingerprint density at radius 3 is 2.28 bits per heavy atom. The molecule has 11 atom stereocenters. The lowest BCUT2D eigenvalue weighted by Crippen LogP contribution is -2.63. The molecular weight excluding hydrogens is 416 g/mol. The van der Waals surface area contributed by atoms with Gasteiger partial charge in [-0.2, -0.15) is 0 Å². The zero-order chi connectivity index (χ0) is 23.6. The predicted octanol–water partition coefficient (Wildman–Crippen LogP) is 1.33. The van der Waals surface area contributed by atoms with Crippen molar-refractivity contribution in [1.82, 2.24) is 0 Å². The molecule has 3 N–H and O–H groups in total. The van der Waals surface area contributed by atoms with Crippen LogP contribution in [0.1, 0.15) is 67.2 Å². The summed E-state index contributed by atoms with van der Waals surface area (Å²) in [7, 11) is 0. The van der Waals surface area contributed by atoms with Crippen LogP contribution in [0.4, 0.5) is 0 Å². The van der Waals surface area contributed by atoms with Crippen LogP contribution in [0.25, 0.3) is 0 Å². The number of aliphatic hydroxyl groups excluding tert-OH is 1. The van der Waals surface area contributed by atoms with Crippen molar-refractivity contribution in [1.29, 1.82) is 0 Å². The normalized spacial score (nSPS) is 57.0. The molecule has 180 valence electrons. The first kappa shape index (κ1) is 22.6. The van der Waals surface area contributed by atoms with Crippen LogP contribution in [0.2, 0.25) is 0 Å². The molecule has 4 aliphatic carbocycles. The number of carbonyl (C=O) groups is 2. The molecule has 4 saturated carbocycles. The molecule has 1 spiro atoms. The first-order valence-corrected chi connectivity index (χ1v) is 11.8. The molecule has 5 fully saturated rings. The molecule has 1 saturated heterocycles. The quantitative estimate of drug-likeness (QED) is 0.423. The van der Waals surface area contributed by atoms with Crippen LogP contribution in [0.15, 0.2) is 0 Å². The van der Waals surface area contributed by atoms with Crippen LogP contribution in [0.5, 0.6) is 0 Å². The third-order valence-corrected chi connectivity index (χ3v) is 10.0. The summed E-state index contributed by atoms with van der Waals surface area (Å²) < 4.78 is 17.5. The van der Waals surface area contributed by atoms with E-state index in [4.69, 9.17) is 14.2 Å². The maximum Gasteiger partial charge on any atom is 0.303 e. The maximum absolute atomic E-state index is 12.3. The van der Waals surface area contributed by atoms with Crippen LogP contribution in [0.3, 0.4) is 0 Å². The molecule has 8 heteroatoms. The van der Waals surface area contributed by atoms with E-state index in [9.17, 15) is 24.9 Å². The van der Waals surface area contributed by atoms with Gasteiger partial charge in [0.2, 0.25) is 0 Å². The molecule has 5 aliphatic rings. The molecule has 1 aliphatic heterocycles. The highest BCUT2D eigenvalue weighted by Crippen LogP contribution is 2.73. The average molecular weight is 453 g/mol. The van der Waals surface area contributed by atoms with Crippen molar-refractivity contribution in [3.8, 4) is 0 Å². The number of aliphatic hydroxyl groups is 3. The zero-order valence-corrected chi connectivity index (χ0v) is 19.8. The van der Waals surface area contributed by atoms with E-state index in [0.29, 0.717) is 19.3 Å². The lowest BCUT2D eigenvalue weighted by atomic mass is 9.57. The van der Waals surface area contributed by atoms with Gasteiger partial charge in [0.25, 0.3) is 0 Å². The fourth-order valence-corrected chi connectivity index (χ4v) is 8.98. The number of epoxide rings is 1. The van der Waals surface area contributed by atoms with Gasteiger partial charge in [0.15, 0.2) is 0 Å². The Morgan fingerprint density at radius 2 is 1.69 bits per heavy atom. The summed E-state index contributed by atoms with van der Waals surface area (Å²) in [5, 5.41) is 36.1. The standard InChI is InChI=1S/C24H36O8/c1-11(25)30-15-9-23-10-21(5,32-12(2)26)13(18(23)27)7-8-14(23)22(6,28)17-16-19(31-16)20(3,4)24(15,17)29/h13-19,27-29H,7-10H2,1-6H3/t13-,14+,15-,16+,17+,18-,19+,21-,22-,23+,24-/m1/s1. The first-order chi connectivity index (χ1) is 14.6. The topological polar surface area (TPSA) is 126 Å². The largest absolute Gasteiger partial charge is 0.459 e. The van der Waals surface area contributed by atoms with Gasteiger partial charge in [-0.3, -0.25) is 9.59 Å². The molecule has 0 aromatic carbocycles. The van der Waals surface area contributed by atoms with E-state index in [1.807, 2.05) is 20.8 Å². The Balaban J connectivity index is 1.68.